The summed E-state index contributed by atoms with van der Waals surface area (Å²) in [5, 5.41) is 9.18. The van der Waals surface area contributed by atoms with Crippen LogP contribution in [0.15, 0.2) is 29.2 Å². The van der Waals surface area contributed by atoms with E-state index in [1.54, 1.807) is 38.1 Å². The molecule has 0 fully saturated rings. The third-order valence-corrected chi connectivity index (χ3v) is 5.54. The van der Waals surface area contributed by atoms with Crippen LogP contribution in [0.5, 0.6) is 0 Å². The molecule has 1 aromatic heterocycles. The number of hydrogen-bond acceptors (Lipinski definition) is 5. The Balaban J connectivity index is 2.12. The summed E-state index contributed by atoms with van der Waals surface area (Å²) in [4.78, 5) is 24.8. The molecule has 27 heavy (non-hydrogen) atoms. The van der Waals surface area contributed by atoms with Gasteiger partial charge in [-0.1, -0.05) is 6.07 Å². The number of hydrogen-bond donors (Lipinski definition) is 3. The van der Waals surface area contributed by atoms with E-state index in [1.807, 2.05) is 0 Å². The van der Waals surface area contributed by atoms with Crippen molar-refractivity contribution in [1.29, 1.82) is 0 Å². The lowest BCUT2D eigenvalue weighted by molar-refractivity contribution is -0.116. The molecule has 0 bridgehead atoms. The van der Waals surface area contributed by atoms with Crippen LogP contribution in [0.3, 0.4) is 0 Å². The summed E-state index contributed by atoms with van der Waals surface area (Å²) in [6, 6.07) is 6.78. The van der Waals surface area contributed by atoms with Gasteiger partial charge in [0.1, 0.15) is 4.90 Å². The number of aromatic nitrogens is 2. The highest BCUT2D eigenvalue weighted by atomic mass is 32.2. The van der Waals surface area contributed by atoms with E-state index < -0.39 is 10.0 Å². The Kier molecular flexibility index (Phi) is 6.34. The molecule has 0 saturated carbocycles. The number of nitrogens with one attached hydrogen (secondary N) is 3. The summed E-state index contributed by atoms with van der Waals surface area (Å²) in [5.41, 5.74) is 1.94. The number of amides is 2. The smallest absolute Gasteiger partial charge is 0.244 e. The second kappa shape index (κ2) is 8.31. The van der Waals surface area contributed by atoms with Gasteiger partial charge in [-0.2, -0.15) is 5.10 Å². The first-order valence-corrected chi connectivity index (χ1v) is 9.77. The van der Waals surface area contributed by atoms with Crippen LogP contribution < -0.4 is 14.9 Å². The average molecular weight is 393 g/mol. The molecule has 9 nitrogen and oxygen atoms in total. The van der Waals surface area contributed by atoms with Crippen LogP contribution in [-0.4, -0.2) is 43.5 Å². The Bertz CT molecular complexity index is 932. The molecular weight excluding hydrogens is 370 g/mol. The van der Waals surface area contributed by atoms with E-state index in [-0.39, 0.29) is 29.8 Å². The van der Waals surface area contributed by atoms with Crippen molar-refractivity contribution in [3.05, 3.63) is 35.7 Å². The first-order chi connectivity index (χ1) is 12.6. The van der Waals surface area contributed by atoms with Gasteiger partial charge in [-0.15, -0.1) is 0 Å². The third kappa shape index (κ3) is 5.14. The van der Waals surface area contributed by atoms with Crippen molar-refractivity contribution in [3.8, 4) is 0 Å². The molecule has 2 rings (SSSR count). The van der Waals surface area contributed by atoms with Crippen LogP contribution in [0.2, 0.25) is 0 Å². The van der Waals surface area contributed by atoms with E-state index in [1.165, 1.54) is 18.7 Å². The van der Waals surface area contributed by atoms with Gasteiger partial charge in [0.25, 0.3) is 0 Å². The predicted molar refractivity (Wildman–Crippen MR) is 102 cm³/mol. The SMILES string of the molecule is CC(=O)Nc1cccc(N(CCNS(=O)(=O)c2c(C)n[nH]c2C)C(C)=O)c1. The Morgan fingerprint density at radius 1 is 1.22 bits per heavy atom. The third-order valence-electron chi connectivity index (χ3n) is 3.82. The number of aryl methyl sites for hydroxylation is 2. The Labute approximate surface area is 158 Å². The molecule has 0 aliphatic carbocycles. The van der Waals surface area contributed by atoms with E-state index in [9.17, 15) is 18.0 Å². The summed E-state index contributed by atoms with van der Waals surface area (Å²) in [5.74, 6) is -0.468. The Morgan fingerprint density at radius 2 is 1.93 bits per heavy atom. The molecule has 1 aromatic carbocycles. The highest BCUT2D eigenvalue weighted by Gasteiger charge is 2.22. The lowest BCUT2D eigenvalue weighted by atomic mass is 10.2. The van der Waals surface area contributed by atoms with Crippen LogP contribution in [-0.2, 0) is 19.6 Å². The molecule has 10 heteroatoms. The zero-order valence-corrected chi connectivity index (χ0v) is 16.5. The molecule has 0 spiro atoms. The molecular formula is C17H23N5O4S. The number of anilines is 2. The first kappa shape index (κ1) is 20.6. The normalized spacial score (nSPS) is 11.3. The van der Waals surface area contributed by atoms with Crippen molar-refractivity contribution >= 4 is 33.2 Å². The van der Waals surface area contributed by atoms with Gasteiger partial charge in [0, 0.05) is 38.3 Å². The number of aromatic amines is 1. The Hall–Kier alpha value is -2.72. The fourth-order valence-corrected chi connectivity index (χ4v) is 4.11. The minimum atomic E-state index is -3.74. The van der Waals surface area contributed by atoms with E-state index in [2.05, 4.69) is 20.2 Å². The molecule has 2 amide bonds. The average Bonchev–Trinajstić information content (AvgIpc) is 2.90. The fraction of sp³-hybridized carbons (Fsp3) is 0.353. The van der Waals surface area contributed by atoms with Gasteiger partial charge in [0.05, 0.1) is 11.4 Å². The maximum atomic E-state index is 12.5. The highest BCUT2D eigenvalue weighted by molar-refractivity contribution is 7.89. The van der Waals surface area contributed by atoms with Gasteiger partial charge >= 0.3 is 0 Å². The molecule has 0 saturated heterocycles. The number of nitrogens with zero attached hydrogens (tertiary/aromatic N) is 2. The summed E-state index contributed by atoms with van der Waals surface area (Å²) in [6.07, 6.45) is 0. The zero-order chi connectivity index (χ0) is 20.2. The van der Waals surface area contributed by atoms with Crippen molar-refractivity contribution in [2.24, 2.45) is 0 Å². The summed E-state index contributed by atoms with van der Waals surface area (Å²) in [6.45, 7) is 6.18. The lowest BCUT2D eigenvalue weighted by Gasteiger charge is -2.22. The number of sulfonamides is 1. The standard InChI is InChI=1S/C17H23N5O4S/c1-11-17(12(2)21-20-11)27(25,26)18-8-9-22(14(4)24)16-7-5-6-15(10-16)19-13(3)23/h5-7,10,18H,8-9H2,1-4H3,(H,19,23)(H,20,21). The maximum Gasteiger partial charge on any atom is 0.244 e. The minimum absolute atomic E-state index is 0.0241. The van der Waals surface area contributed by atoms with E-state index in [4.69, 9.17) is 0 Å². The number of H-pyrrole nitrogens is 1. The maximum absolute atomic E-state index is 12.5. The van der Waals surface area contributed by atoms with Gasteiger partial charge < -0.3 is 10.2 Å². The van der Waals surface area contributed by atoms with Crippen molar-refractivity contribution in [3.63, 3.8) is 0 Å². The van der Waals surface area contributed by atoms with E-state index in [0.29, 0.717) is 22.8 Å². The number of carbonyl (C=O) groups is 2. The zero-order valence-electron chi connectivity index (χ0n) is 15.7. The van der Waals surface area contributed by atoms with E-state index >= 15 is 0 Å². The largest absolute Gasteiger partial charge is 0.326 e. The lowest BCUT2D eigenvalue weighted by Crippen LogP contribution is -2.37. The van der Waals surface area contributed by atoms with Crippen LogP contribution in [0, 0.1) is 13.8 Å². The topological polar surface area (TPSA) is 124 Å². The minimum Gasteiger partial charge on any atom is -0.326 e. The van der Waals surface area contributed by atoms with Gasteiger partial charge in [-0.3, -0.25) is 14.7 Å². The van der Waals surface area contributed by atoms with Crippen molar-refractivity contribution in [2.45, 2.75) is 32.6 Å². The molecule has 3 N–H and O–H groups in total. The predicted octanol–water partition coefficient (Wildman–Crippen LogP) is 1.32. The molecule has 0 unspecified atom stereocenters. The highest BCUT2D eigenvalue weighted by Crippen LogP contribution is 2.20. The Morgan fingerprint density at radius 3 is 2.48 bits per heavy atom. The summed E-state index contributed by atoms with van der Waals surface area (Å²) >= 11 is 0. The van der Waals surface area contributed by atoms with Crippen molar-refractivity contribution in [2.75, 3.05) is 23.3 Å². The summed E-state index contributed by atoms with van der Waals surface area (Å²) < 4.78 is 27.4. The molecule has 146 valence electrons. The number of rotatable bonds is 7. The molecule has 0 aliphatic heterocycles. The number of benzene rings is 1. The molecule has 0 aliphatic rings. The van der Waals surface area contributed by atoms with Gasteiger partial charge in [-0.05, 0) is 32.0 Å². The molecule has 0 atom stereocenters. The summed E-state index contributed by atoms with van der Waals surface area (Å²) in [7, 11) is -3.74. The first-order valence-electron chi connectivity index (χ1n) is 8.29. The van der Waals surface area contributed by atoms with Crippen molar-refractivity contribution < 1.29 is 18.0 Å². The molecule has 1 heterocycles. The van der Waals surface area contributed by atoms with Crippen LogP contribution in [0.25, 0.3) is 0 Å². The molecule has 0 radical (unpaired) electrons. The van der Waals surface area contributed by atoms with Crippen LogP contribution >= 0.6 is 0 Å². The van der Waals surface area contributed by atoms with E-state index in [0.717, 1.165) is 0 Å². The van der Waals surface area contributed by atoms with Crippen molar-refractivity contribution in [1.82, 2.24) is 14.9 Å². The molecule has 2 aromatic rings. The van der Waals surface area contributed by atoms with Crippen LogP contribution in [0.4, 0.5) is 11.4 Å². The monoisotopic (exact) mass is 393 g/mol. The van der Waals surface area contributed by atoms with Crippen LogP contribution in [0.1, 0.15) is 25.2 Å². The number of carbonyl (C=O) groups excluding carboxylic acids is 2. The second-order valence-electron chi connectivity index (χ2n) is 6.06. The van der Waals surface area contributed by atoms with Gasteiger partial charge in [0.15, 0.2) is 0 Å². The van der Waals surface area contributed by atoms with Gasteiger partial charge in [0.2, 0.25) is 21.8 Å². The van der Waals surface area contributed by atoms with Gasteiger partial charge in [-0.25, -0.2) is 13.1 Å². The quantitative estimate of drug-likeness (QED) is 0.654. The second-order valence-corrected chi connectivity index (χ2v) is 7.77. The fourth-order valence-electron chi connectivity index (χ4n) is 2.72.